The van der Waals surface area contributed by atoms with Crippen molar-refractivity contribution in [3.63, 3.8) is 0 Å². The van der Waals surface area contributed by atoms with Crippen LogP contribution in [0.1, 0.15) is 36.8 Å². The van der Waals surface area contributed by atoms with Gasteiger partial charge >= 0.3 is 0 Å². The molecule has 6 nitrogen and oxygen atoms in total. The van der Waals surface area contributed by atoms with Crippen LogP contribution < -0.4 is 0 Å². The number of hydrogen-bond donors (Lipinski definition) is 1. The zero-order chi connectivity index (χ0) is 18.4. The summed E-state index contributed by atoms with van der Waals surface area (Å²) in [5.41, 5.74) is 2.87. The van der Waals surface area contributed by atoms with Gasteiger partial charge in [-0.1, -0.05) is 18.2 Å². The van der Waals surface area contributed by atoms with E-state index in [1.807, 2.05) is 50.7 Å². The molecule has 1 aliphatic heterocycles. The average molecular weight is 364 g/mol. The highest BCUT2D eigenvalue weighted by Crippen LogP contribution is 2.40. The van der Waals surface area contributed by atoms with Crippen LogP contribution in [0.3, 0.4) is 0 Å². The van der Waals surface area contributed by atoms with Gasteiger partial charge < -0.3 is 14.6 Å². The highest BCUT2D eigenvalue weighted by molar-refractivity contribution is 5.83. The highest BCUT2D eigenvalue weighted by atomic mass is 16.3. The minimum Gasteiger partial charge on any atom is -0.386 e. The molecule has 0 radical (unpaired) electrons. The van der Waals surface area contributed by atoms with Crippen molar-refractivity contribution in [2.24, 2.45) is 5.92 Å². The van der Waals surface area contributed by atoms with E-state index in [0.29, 0.717) is 19.0 Å². The Morgan fingerprint density at radius 3 is 2.93 bits per heavy atom. The van der Waals surface area contributed by atoms with Gasteiger partial charge in [0.15, 0.2) is 0 Å². The first kappa shape index (κ1) is 16.6. The van der Waals surface area contributed by atoms with Gasteiger partial charge in [0.2, 0.25) is 5.91 Å². The standard InChI is InChI=1S/C21H24N4O2/c26-20(14-23-11-8-15-4-1-2-5-19(15)23)24-9-3-10-25-17(13-24)12-18(22-25)21(27)16-6-7-16/h1-2,4-5,8,11-12,16,21,27H,3,6-7,9-10,13-14H2/t21-/m1/s1. The number of carbonyl (C=O) groups excluding carboxylic acids is 1. The Bertz CT molecular complexity index is 985. The van der Waals surface area contributed by atoms with Crippen LogP contribution in [0.2, 0.25) is 0 Å². The Balaban J connectivity index is 1.34. The monoisotopic (exact) mass is 364 g/mol. The average Bonchev–Trinajstić information content (AvgIpc) is 3.40. The van der Waals surface area contributed by atoms with Crippen molar-refractivity contribution in [1.82, 2.24) is 19.2 Å². The number of benzene rings is 1. The van der Waals surface area contributed by atoms with Gasteiger partial charge in [0.1, 0.15) is 12.6 Å². The molecule has 0 spiro atoms. The lowest BCUT2D eigenvalue weighted by Gasteiger charge is -2.20. The van der Waals surface area contributed by atoms with E-state index in [4.69, 9.17) is 0 Å². The molecule has 3 heterocycles. The number of hydrogen-bond acceptors (Lipinski definition) is 3. The van der Waals surface area contributed by atoms with Gasteiger partial charge in [-0.25, -0.2) is 0 Å². The molecule has 140 valence electrons. The summed E-state index contributed by atoms with van der Waals surface area (Å²) in [6.07, 6.45) is 4.57. The van der Waals surface area contributed by atoms with Gasteiger partial charge in [0.25, 0.3) is 0 Å². The Hall–Kier alpha value is -2.60. The van der Waals surface area contributed by atoms with Crippen molar-refractivity contribution >= 4 is 16.8 Å². The molecule has 1 N–H and O–H groups in total. The second-order valence-electron chi connectivity index (χ2n) is 7.74. The second kappa shape index (κ2) is 6.53. The molecule has 1 fully saturated rings. The first-order valence-electron chi connectivity index (χ1n) is 9.75. The maximum absolute atomic E-state index is 13.0. The Morgan fingerprint density at radius 1 is 1.22 bits per heavy atom. The Kier molecular flexibility index (Phi) is 4.01. The molecule has 5 rings (SSSR count). The van der Waals surface area contributed by atoms with Crippen molar-refractivity contribution in [2.75, 3.05) is 6.54 Å². The van der Waals surface area contributed by atoms with Crippen LogP contribution in [0.4, 0.5) is 0 Å². The normalized spacial score (nSPS) is 18.3. The zero-order valence-electron chi connectivity index (χ0n) is 15.3. The van der Waals surface area contributed by atoms with E-state index in [2.05, 4.69) is 11.2 Å². The van der Waals surface area contributed by atoms with Crippen molar-refractivity contribution in [3.05, 3.63) is 54.0 Å². The first-order chi connectivity index (χ1) is 13.2. The smallest absolute Gasteiger partial charge is 0.242 e. The first-order valence-corrected chi connectivity index (χ1v) is 9.75. The molecule has 1 atom stereocenters. The van der Waals surface area contributed by atoms with Crippen LogP contribution in [-0.2, 0) is 24.4 Å². The SMILES string of the molecule is O=C(Cn1ccc2ccccc21)N1CCCn2nc([C@H](O)C3CC3)cc2C1. The highest BCUT2D eigenvalue weighted by Gasteiger charge is 2.33. The predicted molar refractivity (Wildman–Crippen MR) is 102 cm³/mol. The van der Waals surface area contributed by atoms with Crippen molar-refractivity contribution in [3.8, 4) is 0 Å². The minimum absolute atomic E-state index is 0.121. The van der Waals surface area contributed by atoms with E-state index in [9.17, 15) is 9.90 Å². The third kappa shape index (κ3) is 3.14. The quantitative estimate of drug-likeness (QED) is 0.774. The van der Waals surface area contributed by atoms with E-state index in [0.717, 1.165) is 54.6 Å². The molecule has 1 amide bonds. The lowest BCUT2D eigenvalue weighted by Crippen LogP contribution is -2.33. The fourth-order valence-corrected chi connectivity index (χ4v) is 4.02. The number of para-hydroxylation sites is 1. The predicted octanol–water partition coefficient (Wildman–Crippen LogP) is 2.71. The molecule has 1 aromatic carbocycles. The Morgan fingerprint density at radius 2 is 2.07 bits per heavy atom. The number of aromatic nitrogens is 3. The molecule has 27 heavy (non-hydrogen) atoms. The van der Waals surface area contributed by atoms with Gasteiger partial charge in [-0.05, 0) is 48.8 Å². The van der Waals surface area contributed by atoms with Crippen molar-refractivity contribution in [2.45, 2.75) is 45.0 Å². The van der Waals surface area contributed by atoms with Gasteiger partial charge in [0.05, 0.1) is 17.9 Å². The fourth-order valence-electron chi connectivity index (χ4n) is 4.02. The van der Waals surface area contributed by atoms with Gasteiger partial charge in [-0.15, -0.1) is 0 Å². The molecule has 0 saturated heterocycles. The van der Waals surface area contributed by atoms with E-state index < -0.39 is 6.10 Å². The lowest BCUT2D eigenvalue weighted by atomic mass is 10.1. The van der Waals surface area contributed by atoms with Crippen molar-refractivity contribution in [1.29, 1.82) is 0 Å². The summed E-state index contributed by atoms with van der Waals surface area (Å²) in [5.74, 6) is 0.485. The summed E-state index contributed by atoms with van der Waals surface area (Å²) >= 11 is 0. The van der Waals surface area contributed by atoms with E-state index in [1.54, 1.807) is 0 Å². The molecular formula is C21H24N4O2. The molecule has 2 aromatic heterocycles. The summed E-state index contributed by atoms with van der Waals surface area (Å²) in [5, 5.41) is 16.1. The maximum atomic E-state index is 13.0. The van der Waals surface area contributed by atoms with Crippen LogP contribution in [0.5, 0.6) is 0 Å². The second-order valence-corrected chi connectivity index (χ2v) is 7.74. The number of aryl methyl sites for hydroxylation is 1. The van der Waals surface area contributed by atoms with Crippen LogP contribution in [0, 0.1) is 5.92 Å². The van der Waals surface area contributed by atoms with Gasteiger partial charge in [0, 0.05) is 24.8 Å². The van der Waals surface area contributed by atoms with Crippen molar-refractivity contribution < 1.29 is 9.90 Å². The molecule has 6 heteroatoms. The summed E-state index contributed by atoms with van der Waals surface area (Å²) in [4.78, 5) is 14.9. The number of nitrogens with zero attached hydrogens (tertiary/aromatic N) is 4. The molecule has 0 bridgehead atoms. The molecule has 3 aromatic rings. The molecule has 0 unspecified atom stereocenters. The fraction of sp³-hybridized carbons (Fsp3) is 0.429. The molecule has 2 aliphatic rings. The third-order valence-electron chi connectivity index (χ3n) is 5.74. The zero-order valence-corrected chi connectivity index (χ0v) is 15.3. The van der Waals surface area contributed by atoms with Crippen LogP contribution >= 0.6 is 0 Å². The summed E-state index contributed by atoms with van der Waals surface area (Å²) in [6.45, 7) is 2.44. The summed E-state index contributed by atoms with van der Waals surface area (Å²) < 4.78 is 3.99. The molecule has 1 aliphatic carbocycles. The minimum atomic E-state index is -0.459. The molecular weight excluding hydrogens is 340 g/mol. The maximum Gasteiger partial charge on any atom is 0.242 e. The van der Waals surface area contributed by atoms with Crippen LogP contribution in [0.25, 0.3) is 10.9 Å². The van der Waals surface area contributed by atoms with Crippen LogP contribution in [-0.4, -0.2) is 36.8 Å². The summed E-state index contributed by atoms with van der Waals surface area (Å²) in [6, 6.07) is 12.2. The van der Waals surface area contributed by atoms with Gasteiger partial charge in [-0.2, -0.15) is 5.10 Å². The lowest BCUT2D eigenvalue weighted by molar-refractivity contribution is -0.132. The number of aliphatic hydroxyl groups excluding tert-OH is 1. The van der Waals surface area contributed by atoms with Gasteiger partial charge in [-0.3, -0.25) is 9.48 Å². The number of fused-ring (bicyclic) bond motifs is 2. The Labute approximate surface area is 158 Å². The third-order valence-corrected chi connectivity index (χ3v) is 5.74. The summed E-state index contributed by atoms with van der Waals surface area (Å²) in [7, 11) is 0. The number of amides is 1. The van der Waals surface area contributed by atoms with E-state index in [1.165, 1.54) is 0 Å². The topological polar surface area (TPSA) is 63.3 Å². The van der Waals surface area contributed by atoms with Crippen LogP contribution in [0.15, 0.2) is 42.6 Å². The number of aliphatic hydroxyl groups is 1. The van der Waals surface area contributed by atoms with E-state index in [-0.39, 0.29) is 5.91 Å². The largest absolute Gasteiger partial charge is 0.386 e. The van der Waals surface area contributed by atoms with E-state index >= 15 is 0 Å². The molecule has 1 saturated carbocycles. The number of rotatable bonds is 4. The number of carbonyl (C=O) groups is 1.